The largest absolute Gasteiger partial charge is 0.464 e. The van der Waals surface area contributed by atoms with Gasteiger partial charge in [-0.1, -0.05) is 130 Å². The maximum Gasteiger partial charge on any atom is 0.328 e. The van der Waals surface area contributed by atoms with E-state index < -0.39 is 12.1 Å². The number of anilines is 1. The highest BCUT2D eigenvalue weighted by atomic mass is 35.5. The van der Waals surface area contributed by atoms with Gasteiger partial charge >= 0.3 is 12.0 Å². The van der Waals surface area contributed by atoms with Gasteiger partial charge in [0, 0.05) is 16.7 Å². The number of rotatable bonds is 20. The molecule has 0 fully saturated rings. The molecular weight excluding hydrogens is 600 g/mol. The molecule has 3 N–H and O–H groups in total. The van der Waals surface area contributed by atoms with Gasteiger partial charge in [0.15, 0.2) is 11.5 Å². The van der Waals surface area contributed by atoms with E-state index in [4.69, 9.17) is 21.3 Å². The van der Waals surface area contributed by atoms with Crippen molar-refractivity contribution >= 4 is 34.9 Å². The summed E-state index contributed by atoms with van der Waals surface area (Å²) in [7, 11) is 0. The topological polar surface area (TPSA) is 113 Å². The average molecular weight is 657 g/mol. The third kappa shape index (κ3) is 11.3. The van der Waals surface area contributed by atoms with Crippen molar-refractivity contribution < 1.29 is 14.3 Å². The number of nitrogens with one attached hydrogen (secondary N) is 3. The molecule has 2 aromatic heterocycles. The summed E-state index contributed by atoms with van der Waals surface area (Å²) >= 11 is 6.62. The van der Waals surface area contributed by atoms with Crippen molar-refractivity contribution in [3.63, 3.8) is 0 Å². The Balaban J connectivity index is 1.45. The minimum Gasteiger partial charge on any atom is -0.464 e. The number of fused-ring (bicyclic) bond motifs is 1. The quantitative estimate of drug-likeness (QED) is 0.0827. The molecule has 0 aliphatic rings. The number of hydrogen-bond acceptors (Lipinski definition) is 5. The minimum atomic E-state index is -0.687. The average Bonchev–Trinajstić information content (AvgIpc) is 3.58. The predicted molar refractivity (Wildman–Crippen MR) is 189 cm³/mol. The van der Waals surface area contributed by atoms with Crippen molar-refractivity contribution in [2.75, 3.05) is 11.9 Å². The van der Waals surface area contributed by atoms with Crippen LogP contribution < -0.4 is 10.6 Å². The number of urea groups is 1. The standard InChI is InChI=1S/C36H57ClN6O3/c1-7-10-11-12-13-14-15-16-17-18-19-20-24-46-34(44)29(21-8-2)39-35(45)38-27-22-23-28(26(9-3)25-27)32-40-33-30(37)31(36(4,5)6)41-43(33)42-32/h22-23,25,29,41H,7-21,24H2,1-6H3,(H2,38,39,45). The molecule has 0 spiro atoms. The molecule has 0 saturated carbocycles. The molecule has 1 unspecified atom stereocenters. The molecule has 2 heterocycles. The molecule has 1 aromatic carbocycles. The van der Waals surface area contributed by atoms with E-state index in [1.165, 1.54) is 64.2 Å². The Labute approximate surface area is 281 Å². The van der Waals surface area contributed by atoms with Gasteiger partial charge in [-0.2, -0.15) is 4.63 Å². The Bertz CT molecular complexity index is 1380. The highest BCUT2D eigenvalue weighted by Gasteiger charge is 2.25. The van der Waals surface area contributed by atoms with E-state index in [0.29, 0.717) is 41.6 Å². The van der Waals surface area contributed by atoms with E-state index in [9.17, 15) is 9.59 Å². The molecule has 0 aliphatic heterocycles. The zero-order valence-corrected chi connectivity index (χ0v) is 29.8. The summed E-state index contributed by atoms with van der Waals surface area (Å²) < 4.78 is 7.16. The Morgan fingerprint density at radius 2 is 1.57 bits per heavy atom. The van der Waals surface area contributed by atoms with Crippen LogP contribution in [0.1, 0.15) is 143 Å². The lowest BCUT2D eigenvalue weighted by molar-refractivity contribution is -0.146. The summed E-state index contributed by atoms with van der Waals surface area (Å²) in [6.45, 7) is 12.9. The first-order chi connectivity index (χ1) is 22.1. The summed E-state index contributed by atoms with van der Waals surface area (Å²) in [4.78, 5) is 30.4. The van der Waals surface area contributed by atoms with Crippen LogP contribution in [-0.4, -0.2) is 44.5 Å². The number of halogens is 1. The van der Waals surface area contributed by atoms with Crippen LogP contribution in [0.2, 0.25) is 5.02 Å². The Kier molecular flexibility index (Phi) is 15.4. The number of amides is 2. The molecule has 0 saturated heterocycles. The zero-order valence-electron chi connectivity index (χ0n) is 29.1. The molecule has 46 heavy (non-hydrogen) atoms. The van der Waals surface area contributed by atoms with Crippen molar-refractivity contribution in [3.8, 4) is 11.4 Å². The first kappa shape index (κ1) is 37.4. The van der Waals surface area contributed by atoms with Crippen LogP contribution in [0, 0.1) is 0 Å². The molecule has 3 aromatic rings. The number of aromatic nitrogens is 4. The van der Waals surface area contributed by atoms with Crippen molar-refractivity contribution in [1.29, 1.82) is 0 Å². The Hall–Kier alpha value is -3.07. The van der Waals surface area contributed by atoms with Gasteiger partial charge in [-0.05, 0) is 43.0 Å². The van der Waals surface area contributed by atoms with E-state index in [-0.39, 0.29) is 11.4 Å². The smallest absolute Gasteiger partial charge is 0.328 e. The number of nitrogens with zero attached hydrogens (tertiary/aromatic N) is 3. The summed E-state index contributed by atoms with van der Waals surface area (Å²) in [5.74, 6) is 0.180. The maximum absolute atomic E-state index is 12.9. The Morgan fingerprint density at radius 1 is 0.935 bits per heavy atom. The van der Waals surface area contributed by atoms with E-state index >= 15 is 0 Å². The molecule has 2 amide bonds. The van der Waals surface area contributed by atoms with Crippen molar-refractivity contribution in [2.45, 2.75) is 149 Å². The number of aromatic amines is 1. The van der Waals surface area contributed by atoms with Crippen molar-refractivity contribution in [1.82, 2.24) is 25.1 Å². The molecule has 0 bridgehead atoms. The highest BCUT2D eigenvalue weighted by molar-refractivity contribution is 6.34. The van der Waals surface area contributed by atoms with Crippen LogP contribution in [0.4, 0.5) is 10.5 Å². The monoisotopic (exact) mass is 656 g/mol. The SMILES string of the molecule is CCCCCCCCCCCCCCOC(=O)C(CCC)NC(=O)Nc1ccc(-c2nc3c(Cl)c(C(C)(C)C)[nH]n3n2)c(CC)c1. The number of H-pyrrole nitrogens is 1. The molecule has 3 rings (SSSR count). The second-order valence-electron chi connectivity index (χ2n) is 13.4. The predicted octanol–water partition coefficient (Wildman–Crippen LogP) is 9.77. The maximum atomic E-state index is 12.9. The summed E-state index contributed by atoms with van der Waals surface area (Å²) in [6, 6.07) is 4.49. The number of aryl methyl sites for hydroxylation is 1. The van der Waals surface area contributed by atoms with Gasteiger partial charge in [0.1, 0.15) is 11.1 Å². The minimum absolute atomic E-state index is 0.166. The third-order valence-electron chi connectivity index (χ3n) is 8.38. The van der Waals surface area contributed by atoms with E-state index in [1.54, 1.807) is 4.63 Å². The van der Waals surface area contributed by atoms with Gasteiger partial charge in [-0.3, -0.25) is 5.10 Å². The van der Waals surface area contributed by atoms with E-state index in [2.05, 4.69) is 48.5 Å². The molecule has 9 nitrogen and oxygen atoms in total. The van der Waals surface area contributed by atoms with Gasteiger partial charge in [0.2, 0.25) is 0 Å². The molecular formula is C36H57ClN6O3. The fraction of sp³-hybridized carbons (Fsp3) is 0.667. The van der Waals surface area contributed by atoms with E-state index in [1.807, 2.05) is 32.0 Å². The normalized spacial score (nSPS) is 12.4. The summed E-state index contributed by atoms with van der Waals surface area (Å²) in [5, 5.41) is 14.1. The molecule has 10 heteroatoms. The number of benzene rings is 1. The first-order valence-corrected chi connectivity index (χ1v) is 18.0. The van der Waals surface area contributed by atoms with Gasteiger partial charge in [0.05, 0.1) is 12.3 Å². The molecule has 256 valence electrons. The van der Waals surface area contributed by atoms with Crippen molar-refractivity contribution in [3.05, 3.63) is 34.5 Å². The van der Waals surface area contributed by atoms with Crippen LogP contribution in [0.3, 0.4) is 0 Å². The number of ether oxygens (including phenoxy) is 1. The third-order valence-corrected chi connectivity index (χ3v) is 8.74. The molecule has 0 radical (unpaired) electrons. The lowest BCUT2D eigenvalue weighted by atomic mass is 9.92. The number of hydrogen-bond donors (Lipinski definition) is 3. The first-order valence-electron chi connectivity index (χ1n) is 17.6. The van der Waals surface area contributed by atoms with Crippen LogP contribution >= 0.6 is 11.6 Å². The fourth-order valence-corrected chi connectivity index (χ4v) is 6.12. The van der Waals surface area contributed by atoms with Gasteiger partial charge in [-0.15, -0.1) is 5.10 Å². The fourth-order valence-electron chi connectivity index (χ4n) is 5.67. The van der Waals surface area contributed by atoms with Crippen molar-refractivity contribution in [2.24, 2.45) is 0 Å². The van der Waals surface area contributed by atoms with Crippen LogP contribution in [-0.2, 0) is 21.4 Å². The lowest BCUT2D eigenvalue weighted by Crippen LogP contribution is -2.43. The number of carbonyl (C=O) groups is 2. The second-order valence-corrected chi connectivity index (χ2v) is 13.8. The second kappa shape index (κ2) is 18.9. The van der Waals surface area contributed by atoms with Crippen LogP contribution in [0.25, 0.3) is 17.0 Å². The molecule has 0 aliphatic carbocycles. The lowest BCUT2D eigenvalue weighted by Gasteiger charge is -2.18. The van der Waals surface area contributed by atoms with Gasteiger partial charge in [0.25, 0.3) is 0 Å². The van der Waals surface area contributed by atoms with Crippen LogP contribution in [0.15, 0.2) is 18.2 Å². The molecule has 1 atom stereocenters. The Morgan fingerprint density at radius 3 is 2.13 bits per heavy atom. The van der Waals surface area contributed by atoms with Gasteiger partial charge in [-0.25, -0.2) is 14.6 Å². The highest BCUT2D eigenvalue weighted by Crippen LogP contribution is 2.33. The summed E-state index contributed by atoms with van der Waals surface area (Å²) in [5.41, 5.74) is 3.76. The number of carbonyl (C=O) groups excluding carboxylic acids is 2. The summed E-state index contributed by atoms with van der Waals surface area (Å²) in [6.07, 6.45) is 17.0. The van der Waals surface area contributed by atoms with Crippen LogP contribution in [0.5, 0.6) is 0 Å². The zero-order chi connectivity index (χ0) is 33.5. The number of unbranched alkanes of at least 4 members (excludes halogenated alkanes) is 11. The van der Waals surface area contributed by atoms with Gasteiger partial charge < -0.3 is 15.4 Å². The van der Waals surface area contributed by atoms with E-state index in [0.717, 1.165) is 36.1 Å². The number of esters is 1.